The third kappa shape index (κ3) is 2.78. The number of hydrogen-bond donors (Lipinski definition) is 1. The predicted octanol–water partition coefficient (Wildman–Crippen LogP) is 3.56. The van der Waals surface area contributed by atoms with Gasteiger partial charge < -0.3 is 10.0 Å². The molecular formula is C17H22N2O. The highest BCUT2D eigenvalue weighted by molar-refractivity contribution is 5.86. The van der Waals surface area contributed by atoms with Crippen molar-refractivity contribution in [1.82, 2.24) is 9.88 Å². The number of phenolic OH excluding ortho intramolecular Hbond substituents is 1. The predicted molar refractivity (Wildman–Crippen MR) is 81.7 cm³/mol. The second-order valence-electron chi connectivity index (χ2n) is 6.01. The summed E-state index contributed by atoms with van der Waals surface area (Å²) in [6, 6.07) is 5.74. The van der Waals surface area contributed by atoms with Crippen LogP contribution in [0.2, 0.25) is 0 Å². The van der Waals surface area contributed by atoms with Crippen LogP contribution in [0.4, 0.5) is 0 Å². The van der Waals surface area contributed by atoms with Crippen molar-refractivity contribution < 1.29 is 5.11 Å². The number of hydrogen-bond acceptors (Lipinski definition) is 3. The van der Waals surface area contributed by atoms with E-state index < -0.39 is 0 Å². The monoisotopic (exact) mass is 270 g/mol. The summed E-state index contributed by atoms with van der Waals surface area (Å²) >= 11 is 0. The number of benzene rings is 1. The van der Waals surface area contributed by atoms with Gasteiger partial charge in [-0.3, -0.25) is 4.98 Å². The first-order valence-electron chi connectivity index (χ1n) is 7.47. The summed E-state index contributed by atoms with van der Waals surface area (Å²) in [5, 5.41) is 12.4. The van der Waals surface area contributed by atoms with E-state index in [2.05, 4.69) is 16.9 Å². The van der Waals surface area contributed by atoms with E-state index in [1.807, 2.05) is 18.3 Å². The van der Waals surface area contributed by atoms with Gasteiger partial charge in [0.2, 0.25) is 0 Å². The zero-order chi connectivity index (χ0) is 13.9. The van der Waals surface area contributed by atoms with E-state index in [-0.39, 0.29) is 0 Å². The maximum absolute atomic E-state index is 10.2. The molecule has 3 nitrogen and oxygen atoms in total. The topological polar surface area (TPSA) is 36.4 Å². The number of pyridine rings is 1. The number of aromatic hydroxyl groups is 1. The average molecular weight is 270 g/mol. The van der Waals surface area contributed by atoms with Gasteiger partial charge in [-0.1, -0.05) is 18.9 Å². The average Bonchev–Trinajstić information content (AvgIpc) is 2.95. The van der Waals surface area contributed by atoms with E-state index in [1.165, 1.54) is 25.7 Å². The molecule has 20 heavy (non-hydrogen) atoms. The molecule has 0 spiro atoms. The van der Waals surface area contributed by atoms with Crippen molar-refractivity contribution in [2.45, 2.75) is 32.2 Å². The van der Waals surface area contributed by atoms with Crippen LogP contribution in [0.25, 0.3) is 10.8 Å². The van der Waals surface area contributed by atoms with E-state index in [9.17, 15) is 5.11 Å². The van der Waals surface area contributed by atoms with Crippen molar-refractivity contribution in [2.24, 2.45) is 5.92 Å². The standard InChI is InChI=1S/C17H22N2O/c1-19(11-13-4-2-3-5-13)12-16-15-10-18-9-8-14(15)6-7-17(16)20/h6-10,13,20H,2-5,11-12H2,1H3. The Morgan fingerprint density at radius 2 is 2.05 bits per heavy atom. The van der Waals surface area contributed by atoms with E-state index in [0.29, 0.717) is 5.75 Å². The van der Waals surface area contributed by atoms with E-state index in [4.69, 9.17) is 0 Å². The smallest absolute Gasteiger partial charge is 0.120 e. The lowest BCUT2D eigenvalue weighted by atomic mass is 10.0. The van der Waals surface area contributed by atoms with Crippen LogP contribution in [-0.2, 0) is 6.54 Å². The number of aromatic nitrogens is 1. The summed E-state index contributed by atoms with van der Waals surface area (Å²) in [5.41, 5.74) is 0.996. The molecule has 3 rings (SSSR count). The maximum Gasteiger partial charge on any atom is 0.120 e. The molecule has 0 radical (unpaired) electrons. The van der Waals surface area contributed by atoms with Crippen molar-refractivity contribution in [3.8, 4) is 5.75 Å². The van der Waals surface area contributed by atoms with Crippen LogP contribution in [-0.4, -0.2) is 28.6 Å². The van der Waals surface area contributed by atoms with Crippen LogP contribution < -0.4 is 0 Å². The van der Waals surface area contributed by atoms with Gasteiger partial charge in [-0.15, -0.1) is 0 Å². The second-order valence-corrected chi connectivity index (χ2v) is 6.01. The Kier molecular flexibility index (Phi) is 3.88. The molecule has 0 bridgehead atoms. The molecule has 3 heteroatoms. The fourth-order valence-electron chi connectivity index (χ4n) is 3.34. The Morgan fingerprint density at radius 1 is 1.25 bits per heavy atom. The van der Waals surface area contributed by atoms with E-state index >= 15 is 0 Å². The van der Waals surface area contributed by atoms with Crippen molar-refractivity contribution in [3.63, 3.8) is 0 Å². The Hall–Kier alpha value is -1.61. The Balaban J connectivity index is 1.80. The van der Waals surface area contributed by atoms with Crippen molar-refractivity contribution in [2.75, 3.05) is 13.6 Å². The van der Waals surface area contributed by atoms with Gasteiger partial charge in [-0.25, -0.2) is 0 Å². The molecule has 1 heterocycles. The fourth-order valence-corrected chi connectivity index (χ4v) is 3.34. The second kappa shape index (κ2) is 5.80. The van der Waals surface area contributed by atoms with Crippen LogP contribution in [0.5, 0.6) is 5.75 Å². The lowest BCUT2D eigenvalue weighted by Crippen LogP contribution is -2.24. The number of phenols is 1. The van der Waals surface area contributed by atoms with Crippen LogP contribution in [0.3, 0.4) is 0 Å². The summed E-state index contributed by atoms with van der Waals surface area (Å²) < 4.78 is 0. The molecule has 1 aromatic carbocycles. The highest BCUT2D eigenvalue weighted by atomic mass is 16.3. The first-order chi connectivity index (χ1) is 9.74. The van der Waals surface area contributed by atoms with Gasteiger partial charge in [-0.2, -0.15) is 0 Å². The van der Waals surface area contributed by atoms with Crippen molar-refractivity contribution in [1.29, 1.82) is 0 Å². The van der Waals surface area contributed by atoms with Crippen molar-refractivity contribution in [3.05, 3.63) is 36.2 Å². The molecule has 0 amide bonds. The molecule has 106 valence electrons. The van der Waals surface area contributed by atoms with Crippen molar-refractivity contribution >= 4 is 10.8 Å². The molecule has 2 aromatic rings. The molecular weight excluding hydrogens is 248 g/mol. The molecule has 1 saturated carbocycles. The Bertz CT molecular complexity index is 591. The molecule has 1 aliphatic carbocycles. The largest absolute Gasteiger partial charge is 0.508 e. The zero-order valence-corrected chi connectivity index (χ0v) is 12.0. The highest BCUT2D eigenvalue weighted by Gasteiger charge is 2.18. The number of fused-ring (bicyclic) bond motifs is 1. The fraction of sp³-hybridized carbons (Fsp3) is 0.471. The minimum Gasteiger partial charge on any atom is -0.508 e. The summed E-state index contributed by atoms with van der Waals surface area (Å²) in [6.45, 7) is 1.90. The summed E-state index contributed by atoms with van der Waals surface area (Å²) in [7, 11) is 2.15. The lowest BCUT2D eigenvalue weighted by Gasteiger charge is -2.22. The molecule has 0 aliphatic heterocycles. The summed E-state index contributed by atoms with van der Waals surface area (Å²) in [4.78, 5) is 6.53. The van der Waals surface area contributed by atoms with E-state index in [1.54, 1.807) is 12.3 Å². The normalized spacial score (nSPS) is 16.3. The van der Waals surface area contributed by atoms with Gasteiger partial charge in [0.25, 0.3) is 0 Å². The molecule has 1 fully saturated rings. The summed E-state index contributed by atoms with van der Waals surface area (Å²) in [5.74, 6) is 1.21. The molecule has 1 aliphatic rings. The van der Waals surface area contributed by atoms with Crippen LogP contribution in [0.1, 0.15) is 31.2 Å². The Labute approximate surface area is 120 Å². The molecule has 1 N–H and O–H groups in total. The van der Waals surface area contributed by atoms with Gasteiger partial charge >= 0.3 is 0 Å². The third-order valence-corrected chi connectivity index (χ3v) is 4.38. The summed E-state index contributed by atoms with van der Waals surface area (Å²) in [6.07, 6.45) is 9.11. The molecule has 0 unspecified atom stereocenters. The molecule has 0 atom stereocenters. The van der Waals surface area contributed by atoms with Crippen LogP contribution in [0, 0.1) is 5.92 Å². The first kappa shape index (κ1) is 13.4. The highest BCUT2D eigenvalue weighted by Crippen LogP contribution is 2.29. The minimum atomic E-state index is 0.378. The van der Waals surface area contributed by atoms with Gasteiger partial charge in [0.15, 0.2) is 0 Å². The SMILES string of the molecule is CN(Cc1c(O)ccc2ccncc12)CC1CCCC1. The molecule has 1 aromatic heterocycles. The molecule has 0 saturated heterocycles. The van der Waals surface area contributed by atoms with Gasteiger partial charge in [0.05, 0.1) is 0 Å². The zero-order valence-electron chi connectivity index (χ0n) is 12.0. The quantitative estimate of drug-likeness (QED) is 0.922. The van der Waals surface area contributed by atoms with Gasteiger partial charge in [-0.05, 0) is 43.3 Å². The van der Waals surface area contributed by atoms with Gasteiger partial charge in [0, 0.05) is 36.4 Å². The third-order valence-electron chi connectivity index (χ3n) is 4.38. The lowest BCUT2D eigenvalue weighted by molar-refractivity contribution is 0.269. The number of nitrogens with zero attached hydrogens (tertiary/aromatic N) is 2. The minimum absolute atomic E-state index is 0.378. The Morgan fingerprint density at radius 3 is 2.85 bits per heavy atom. The van der Waals surface area contributed by atoms with Gasteiger partial charge in [0.1, 0.15) is 5.75 Å². The maximum atomic E-state index is 10.2. The van der Waals surface area contributed by atoms with E-state index in [0.717, 1.165) is 35.3 Å². The first-order valence-corrected chi connectivity index (χ1v) is 7.47. The van der Waals surface area contributed by atoms with Crippen LogP contribution >= 0.6 is 0 Å². The number of rotatable bonds is 4. The van der Waals surface area contributed by atoms with Crippen LogP contribution in [0.15, 0.2) is 30.6 Å².